The summed E-state index contributed by atoms with van der Waals surface area (Å²) in [6.07, 6.45) is 5.00. The van der Waals surface area contributed by atoms with Gasteiger partial charge in [-0.15, -0.1) is 0 Å². The minimum absolute atomic E-state index is 0.132. The van der Waals surface area contributed by atoms with Gasteiger partial charge in [-0.3, -0.25) is 14.6 Å². The van der Waals surface area contributed by atoms with Crippen molar-refractivity contribution in [3.63, 3.8) is 0 Å². The largest absolute Gasteiger partial charge is 0.372 e. The third-order valence-corrected chi connectivity index (χ3v) is 5.83. The molecule has 0 atom stereocenters. The first-order valence-electron chi connectivity index (χ1n) is 10.8. The van der Waals surface area contributed by atoms with Crippen LogP contribution in [0.25, 0.3) is 10.9 Å². The Labute approximate surface area is 197 Å². The number of anilines is 3. The summed E-state index contributed by atoms with van der Waals surface area (Å²) in [6.45, 7) is 7.64. The molecular weight excluding hydrogens is 430 g/mol. The Balaban J connectivity index is 1.81. The topological polar surface area (TPSA) is 128 Å². The van der Waals surface area contributed by atoms with Crippen molar-refractivity contribution in [3.05, 3.63) is 81.9 Å². The molecule has 0 aliphatic rings. The number of aryl methyl sites for hydroxylation is 2. The fraction of sp³-hybridized carbons (Fsp3) is 0.240. The predicted molar refractivity (Wildman–Crippen MR) is 133 cm³/mol. The van der Waals surface area contributed by atoms with E-state index in [-0.39, 0.29) is 11.3 Å². The minimum atomic E-state index is -0.626. The van der Waals surface area contributed by atoms with Crippen LogP contribution in [-0.4, -0.2) is 25.4 Å². The van der Waals surface area contributed by atoms with E-state index < -0.39 is 11.4 Å². The quantitative estimate of drug-likeness (QED) is 0.404. The lowest BCUT2D eigenvalue weighted by Gasteiger charge is -2.27. The summed E-state index contributed by atoms with van der Waals surface area (Å²) in [5, 5.41) is 7.69. The van der Waals surface area contributed by atoms with E-state index in [4.69, 9.17) is 5.73 Å². The summed E-state index contributed by atoms with van der Waals surface area (Å²) in [5.74, 6) is 0.0334. The number of hydrogen-bond donors (Lipinski definition) is 3. The molecule has 4 N–H and O–H groups in total. The number of pyridine rings is 2. The Bertz CT molecular complexity index is 1460. The lowest BCUT2D eigenvalue weighted by molar-refractivity contribution is 0.0995. The third kappa shape index (κ3) is 4.19. The van der Waals surface area contributed by atoms with Crippen molar-refractivity contribution in [1.82, 2.24) is 19.5 Å². The molecule has 0 unspecified atom stereocenters. The van der Waals surface area contributed by atoms with Gasteiger partial charge in [-0.2, -0.15) is 0 Å². The normalized spacial score (nSPS) is 11.4. The zero-order chi connectivity index (χ0) is 24.6. The molecule has 3 heterocycles. The number of nitrogens with two attached hydrogens (primary N) is 1. The molecule has 9 nitrogen and oxygen atoms in total. The number of benzene rings is 1. The summed E-state index contributed by atoms with van der Waals surface area (Å²) in [4.78, 5) is 37.3. The molecule has 0 spiro atoms. The van der Waals surface area contributed by atoms with Gasteiger partial charge >= 0.3 is 0 Å². The molecule has 174 valence electrons. The van der Waals surface area contributed by atoms with Crippen molar-refractivity contribution >= 4 is 33.9 Å². The molecule has 1 aromatic carbocycles. The summed E-state index contributed by atoms with van der Waals surface area (Å²) in [5.41, 5.74) is 9.49. The van der Waals surface area contributed by atoms with Crippen LogP contribution in [0.4, 0.5) is 17.1 Å². The summed E-state index contributed by atoms with van der Waals surface area (Å²) < 4.78 is 1.60. The number of amides is 1. The van der Waals surface area contributed by atoms with Crippen LogP contribution in [0.5, 0.6) is 0 Å². The van der Waals surface area contributed by atoms with Crippen LogP contribution in [0.2, 0.25) is 0 Å². The van der Waals surface area contributed by atoms with Crippen molar-refractivity contribution < 1.29 is 4.79 Å². The van der Waals surface area contributed by atoms with Crippen molar-refractivity contribution in [2.75, 3.05) is 10.6 Å². The Morgan fingerprint density at radius 3 is 2.47 bits per heavy atom. The highest BCUT2D eigenvalue weighted by atomic mass is 16.1. The van der Waals surface area contributed by atoms with Gasteiger partial charge in [-0.1, -0.05) is 0 Å². The zero-order valence-electron chi connectivity index (χ0n) is 19.8. The second kappa shape index (κ2) is 8.58. The molecule has 0 saturated heterocycles. The first-order valence-corrected chi connectivity index (χ1v) is 10.8. The molecule has 0 radical (unpaired) electrons. The number of primary amides is 1. The van der Waals surface area contributed by atoms with Gasteiger partial charge in [-0.25, -0.2) is 9.97 Å². The van der Waals surface area contributed by atoms with Gasteiger partial charge in [0.2, 0.25) is 0 Å². The Morgan fingerprint density at radius 2 is 1.79 bits per heavy atom. The van der Waals surface area contributed by atoms with Crippen molar-refractivity contribution in [1.29, 1.82) is 0 Å². The van der Waals surface area contributed by atoms with Crippen molar-refractivity contribution in [3.8, 4) is 0 Å². The third-order valence-electron chi connectivity index (χ3n) is 5.83. The number of nitrogens with one attached hydrogen (secondary N) is 2. The van der Waals surface area contributed by atoms with Gasteiger partial charge in [-0.05, 0) is 57.5 Å². The van der Waals surface area contributed by atoms with E-state index in [0.717, 1.165) is 27.8 Å². The molecule has 9 heteroatoms. The van der Waals surface area contributed by atoms with Gasteiger partial charge < -0.3 is 20.9 Å². The van der Waals surface area contributed by atoms with Crippen LogP contribution < -0.4 is 21.9 Å². The predicted octanol–water partition coefficient (Wildman–Crippen LogP) is 3.53. The van der Waals surface area contributed by atoms with E-state index in [1.54, 1.807) is 42.3 Å². The van der Waals surface area contributed by atoms with Crippen LogP contribution in [0.15, 0.2) is 53.7 Å². The highest BCUT2D eigenvalue weighted by molar-refractivity contribution is 5.96. The fourth-order valence-electron chi connectivity index (χ4n) is 3.98. The number of carbonyl (C=O) groups excluding carboxylic acids is 1. The number of carbonyl (C=O) groups is 1. The lowest BCUT2D eigenvalue weighted by Crippen LogP contribution is -2.31. The first kappa shape index (κ1) is 22.9. The van der Waals surface area contributed by atoms with Crippen LogP contribution in [0.1, 0.15) is 41.3 Å². The monoisotopic (exact) mass is 457 g/mol. The zero-order valence-corrected chi connectivity index (χ0v) is 19.8. The van der Waals surface area contributed by atoms with Crippen molar-refractivity contribution in [2.45, 2.75) is 33.2 Å². The molecule has 1 amide bonds. The highest BCUT2D eigenvalue weighted by Crippen LogP contribution is 2.32. The number of hydrogen-bond acceptors (Lipinski definition) is 7. The molecule has 0 aliphatic carbocycles. The molecule has 4 rings (SSSR count). The van der Waals surface area contributed by atoms with Crippen LogP contribution in [0.3, 0.4) is 0 Å². The van der Waals surface area contributed by atoms with Crippen LogP contribution in [0, 0.1) is 13.8 Å². The van der Waals surface area contributed by atoms with Gasteiger partial charge in [0, 0.05) is 59.7 Å². The maximum atomic E-state index is 12.7. The molecule has 0 saturated carbocycles. The summed E-state index contributed by atoms with van der Waals surface area (Å²) in [6, 6.07) is 9.07. The SMILES string of the molecule is Cc1cnc(C(N)=O)c(C)c1Nc1ccc2c(c1)c(NC(C)(C)c1ncccn1)cc(=O)n2C. The lowest BCUT2D eigenvalue weighted by atomic mass is 10.0. The average Bonchev–Trinajstić information content (AvgIpc) is 2.80. The van der Waals surface area contributed by atoms with Crippen molar-refractivity contribution in [2.24, 2.45) is 12.8 Å². The average molecular weight is 458 g/mol. The molecule has 3 aromatic heterocycles. The Kier molecular flexibility index (Phi) is 5.78. The maximum absolute atomic E-state index is 12.7. The van der Waals surface area contributed by atoms with Gasteiger partial charge in [0.05, 0.1) is 11.1 Å². The molecule has 0 aliphatic heterocycles. The Hall–Kier alpha value is -4.27. The smallest absolute Gasteiger partial charge is 0.267 e. The molecule has 34 heavy (non-hydrogen) atoms. The number of nitrogens with zero attached hydrogens (tertiary/aromatic N) is 4. The minimum Gasteiger partial charge on any atom is -0.372 e. The number of fused-ring (bicyclic) bond motifs is 1. The standard InChI is InChI=1S/C25H27N7O2/c1-14-13-29-22(23(26)34)15(2)21(14)30-16-7-8-19-17(11-16)18(12-20(33)32(19)5)31-25(3,4)24-27-9-6-10-28-24/h6-13,31H,1-5H3,(H2,26,34)(H,29,30). The second-order valence-electron chi connectivity index (χ2n) is 8.79. The van der Waals surface area contributed by atoms with Crippen LogP contribution in [-0.2, 0) is 12.6 Å². The molecule has 0 fully saturated rings. The molecular formula is C25H27N7O2. The van der Waals surface area contributed by atoms with Gasteiger partial charge in [0.15, 0.2) is 5.82 Å². The highest BCUT2D eigenvalue weighted by Gasteiger charge is 2.25. The molecule has 4 aromatic rings. The summed E-state index contributed by atoms with van der Waals surface area (Å²) >= 11 is 0. The number of rotatable bonds is 6. The second-order valence-corrected chi connectivity index (χ2v) is 8.79. The Morgan fingerprint density at radius 1 is 1.09 bits per heavy atom. The fourth-order valence-corrected chi connectivity index (χ4v) is 3.98. The van der Waals surface area contributed by atoms with Gasteiger partial charge in [0.1, 0.15) is 5.69 Å². The first-order chi connectivity index (χ1) is 16.1. The van der Waals surface area contributed by atoms with E-state index in [1.165, 1.54) is 0 Å². The summed E-state index contributed by atoms with van der Waals surface area (Å²) in [7, 11) is 1.74. The van der Waals surface area contributed by atoms with Gasteiger partial charge in [0.25, 0.3) is 11.5 Å². The van der Waals surface area contributed by atoms with E-state index in [1.807, 2.05) is 45.9 Å². The van der Waals surface area contributed by atoms with E-state index in [0.29, 0.717) is 17.1 Å². The number of aromatic nitrogens is 4. The maximum Gasteiger partial charge on any atom is 0.267 e. The molecule has 0 bridgehead atoms. The van der Waals surface area contributed by atoms with E-state index >= 15 is 0 Å². The van der Waals surface area contributed by atoms with Crippen LogP contribution >= 0.6 is 0 Å². The van der Waals surface area contributed by atoms with E-state index in [2.05, 4.69) is 25.6 Å². The van der Waals surface area contributed by atoms with E-state index in [9.17, 15) is 9.59 Å².